The molecule has 1 amide bonds. The van der Waals surface area contributed by atoms with Gasteiger partial charge in [0, 0.05) is 5.69 Å². The van der Waals surface area contributed by atoms with Crippen molar-refractivity contribution in [3.05, 3.63) is 82.9 Å². The standard InChI is InChI=1S/C28H26F3NO3/c1-17-6-5-7-20(14-17)32-23-10-9-21(34-28(29,30)31)16-22(23)27(4,25(32)33)19-8-11-24-18(15-19)12-13-26(2,3)35-24/h5-11,14-16H,12-13H2,1-4H3. The Kier molecular flexibility index (Phi) is 5.16. The van der Waals surface area contributed by atoms with E-state index in [1.807, 2.05) is 63.2 Å². The monoisotopic (exact) mass is 481 g/mol. The van der Waals surface area contributed by atoms with Gasteiger partial charge in [-0.05, 0) is 99.2 Å². The molecule has 182 valence electrons. The summed E-state index contributed by atoms with van der Waals surface area (Å²) < 4.78 is 49.3. The van der Waals surface area contributed by atoms with Crippen molar-refractivity contribution in [2.45, 2.75) is 57.9 Å². The molecule has 4 nitrogen and oxygen atoms in total. The van der Waals surface area contributed by atoms with Crippen LogP contribution in [-0.4, -0.2) is 17.9 Å². The number of carbonyl (C=O) groups excluding carboxylic acids is 1. The fourth-order valence-corrected chi connectivity index (χ4v) is 5.03. The van der Waals surface area contributed by atoms with Gasteiger partial charge in [-0.3, -0.25) is 9.69 Å². The summed E-state index contributed by atoms with van der Waals surface area (Å²) in [4.78, 5) is 15.7. The smallest absolute Gasteiger partial charge is 0.488 e. The number of hydrogen-bond acceptors (Lipinski definition) is 3. The van der Waals surface area contributed by atoms with E-state index in [0.29, 0.717) is 22.5 Å². The zero-order chi connectivity index (χ0) is 25.2. The molecule has 0 aromatic heterocycles. The van der Waals surface area contributed by atoms with Crippen molar-refractivity contribution in [3.63, 3.8) is 0 Å². The minimum absolute atomic E-state index is 0.237. The number of nitrogens with zero attached hydrogens (tertiary/aromatic N) is 1. The number of carbonyl (C=O) groups is 1. The fourth-order valence-electron chi connectivity index (χ4n) is 5.03. The van der Waals surface area contributed by atoms with Gasteiger partial charge < -0.3 is 9.47 Å². The normalized spacial score (nSPS) is 20.8. The highest BCUT2D eigenvalue weighted by atomic mass is 19.4. The summed E-state index contributed by atoms with van der Waals surface area (Å²) in [5.41, 5.74) is 2.81. The van der Waals surface area contributed by atoms with Crippen LogP contribution in [0.1, 0.15) is 49.4 Å². The van der Waals surface area contributed by atoms with Crippen LogP contribution in [0.5, 0.6) is 11.5 Å². The predicted molar refractivity (Wildman–Crippen MR) is 127 cm³/mol. The summed E-state index contributed by atoms with van der Waals surface area (Å²) in [6, 6.07) is 17.2. The summed E-state index contributed by atoms with van der Waals surface area (Å²) in [6.45, 7) is 7.75. The first-order valence-electron chi connectivity index (χ1n) is 11.5. The molecule has 0 bridgehead atoms. The van der Waals surface area contributed by atoms with Crippen molar-refractivity contribution in [1.82, 2.24) is 0 Å². The van der Waals surface area contributed by atoms with Gasteiger partial charge in [-0.25, -0.2) is 0 Å². The van der Waals surface area contributed by atoms with Crippen LogP contribution in [0.25, 0.3) is 0 Å². The Labute approximate surface area is 202 Å². The summed E-state index contributed by atoms with van der Waals surface area (Å²) >= 11 is 0. The quantitative estimate of drug-likeness (QED) is 0.405. The first-order valence-corrected chi connectivity index (χ1v) is 11.5. The Bertz CT molecular complexity index is 1330. The number of rotatable bonds is 3. The Morgan fingerprint density at radius 1 is 1.00 bits per heavy atom. The van der Waals surface area contributed by atoms with Crippen molar-refractivity contribution in [3.8, 4) is 11.5 Å². The second-order valence-electron chi connectivity index (χ2n) is 10.0. The molecule has 0 saturated carbocycles. The lowest BCUT2D eigenvalue weighted by atomic mass is 9.76. The van der Waals surface area contributed by atoms with Crippen LogP contribution in [0.15, 0.2) is 60.7 Å². The van der Waals surface area contributed by atoms with Crippen molar-refractivity contribution in [1.29, 1.82) is 0 Å². The molecule has 7 heteroatoms. The summed E-state index contributed by atoms with van der Waals surface area (Å²) in [7, 11) is 0. The molecule has 0 N–H and O–H groups in total. The van der Waals surface area contributed by atoms with Crippen LogP contribution < -0.4 is 14.4 Å². The van der Waals surface area contributed by atoms with Crippen molar-refractivity contribution < 1.29 is 27.4 Å². The molecule has 0 aliphatic carbocycles. The van der Waals surface area contributed by atoms with E-state index in [2.05, 4.69) is 4.74 Å². The van der Waals surface area contributed by atoms with Crippen molar-refractivity contribution in [2.24, 2.45) is 0 Å². The van der Waals surface area contributed by atoms with E-state index in [0.717, 1.165) is 29.7 Å². The molecular formula is C28H26F3NO3. The van der Waals surface area contributed by atoms with Crippen molar-refractivity contribution in [2.75, 3.05) is 4.90 Å². The molecule has 2 aliphatic rings. The van der Waals surface area contributed by atoms with Gasteiger partial charge in [0.25, 0.3) is 0 Å². The number of benzene rings is 3. The van der Waals surface area contributed by atoms with E-state index in [-0.39, 0.29) is 17.3 Å². The lowest BCUT2D eigenvalue weighted by Gasteiger charge is -2.34. The Hall–Kier alpha value is -3.48. The molecule has 5 rings (SSSR count). The maximum absolute atomic E-state index is 14.1. The number of hydrogen-bond donors (Lipinski definition) is 0. The van der Waals surface area contributed by atoms with Gasteiger partial charge in [0.15, 0.2) is 0 Å². The average molecular weight is 482 g/mol. The molecule has 2 aliphatic heterocycles. The van der Waals surface area contributed by atoms with Gasteiger partial charge >= 0.3 is 6.36 Å². The number of anilines is 2. The molecule has 0 spiro atoms. The van der Waals surface area contributed by atoms with E-state index < -0.39 is 11.8 Å². The molecule has 0 radical (unpaired) electrons. The molecule has 3 aromatic rings. The van der Waals surface area contributed by atoms with E-state index in [1.165, 1.54) is 18.2 Å². The Balaban J connectivity index is 1.67. The zero-order valence-corrected chi connectivity index (χ0v) is 20.0. The topological polar surface area (TPSA) is 38.8 Å². The molecule has 0 fully saturated rings. The first kappa shape index (κ1) is 23.3. The lowest BCUT2D eigenvalue weighted by molar-refractivity contribution is -0.274. The van der Waals surface area contributed by atoms with Gasteiger partial charge in [-0.2, -0.15) is 0 Å². The van der Waals surface area contributed by atoms with E-state index in [9.17, 15) is 18.0 Å². The van der Waals surface area contributed by atoms with Gasteiger partial charge in [-0.15, -0.1) is 13.2 Å². The van der Waals surface area contributed by atoms with Gasteiger partial charge in [-0.1, -0.05) is 24.3 Å². The SMILES string of the molecule is Cc1cccc(N2C(=O)C(C)(c3ccc4c(c3)CCC(C)(C)O4)c3cc(OC(F)(F)F)ccc32)c1. The van der Waals surface area contributed by atoms with Gasteiger partial charge in [0.2, 0.25) is 5.91 Å². The number of ether oxygens (including phenoxy) is 2. The molecule has 2 heterocycles. The number of halogens is 3. The average Bonchev–Trinajstić information content (AvgIpc) is 2.99. The molecule has 3 aromatic carbocycles. The van der Waals surface area contributed by atoms with Crippen LogP contribution in [0.3, 0.4) is 0 Å². The maximum Gasteiger partial charge on any atom is 0.573 e. The third-order valence-electron chi connectivity index (χ3n) is 6.89. The largest absolute Gasteiger partial charge is 0.573 e. The van der Waals surface area contributed by atoms with Crippen LogP contribution in [0, 0.1) is 6.92 Å². The van der Waals surface area contributed by atoms with E-state index in [1.54, 1.807) is 11.8 Å². The molecular weight excluding hydrogens is 455 g/mol. The van der Waals surface area contributed by atoms with Crippen LogP contribution >= 0.6 is 0 Å². The number of fused-ring (bicyclic) bond motifs is 2. The second kappa shape index (κ2) is 7.77. The van der Waals surface area contributed by atoms with Gasteiger partial charge in [0.1, 0.15) is 17.1 Å². The summed E-state index contributed by atoms with van der Waals surface area (Å²) in [6.07, 6.45) is -3.23. The molecule has 35 heavy (non-hydrogen) atoms. The lowest BCUT2D eigenvalue weighted by Crippen LogP contribution is -2.37. The number of alkyl halides is 3. The van der Waals surface area contributed by atoms with Crippen LogP contribution in [-0.2, 0) is 16.6 Å². The number of aryl methyl sites for hydroxylation is 2. The Morgan fingerprint density at radius 2 is 1.77 bits per heavy atom. The first-order chi connectivity index (χ1) is 16.4. The highest BCUT2D eigenvalue weighted by molar-refractivity contribution is 6.14. The summed E-state index contributed by atoms with van der Waals surface area (Å²) in [5.74, 6) is 0.174. The predicted octanol–water partition coefficient (Wildman–Crippen LogP) is 6.98. The molecule has 1 atom stereocenters. The Morgan fingerprint density at radius 3 is 2.49 bits per heavy atom. The minimum atomic E-state index is -4.83. The fraction of sp³-hybridized carbons (Fsp3) is 0.321. The maximum atomic E-state index is 14.1. The third kappa shape index (κ3) is 4.03. The van der Waals surface area contributed by atoms with E-state index >= 15 is 0 Å². The highest BCUT2D eigenvalue weighted by Gasteiger charge is 2.50. The third-order valence-corrected chi connectivity index (χ3v) is 6.89. The van der Waals surface area contributed by atoms with Crippen molar-refractivity contribution >= 4 is 17.3 Å². The number of amides is 1. The van der Waals surface area contributed by atoms with E-state index in [4.69, 9.17) is 4.74 Å². The molecule has 1 unspecified atom stereocenters. The van der Waals surface area contributed by atoms with Crippen LogP contribution in [0.2, 0.25) is 0 Å². The molecule has 0 saturated heterocycles. The van der Waals surface area contributed by atoms with Crippen LogP contribution in [0.4, 0.5) is 24.5 Å². The zero-order valence-electron chi connectivity index (χ0n) is 20.0. The minimum Gasteiger partial charge on any atom is -0.488 e. The van der Waals surface area contributed by atoms with Gasteiger partial charge in [0.05, 0.1) is 11.1 Å². The summed E-state index contributed by atoms with van der Waals surface area (Å²) in [5, 5.41) is 0. The highest BCUT2D eigenvalue weighted by Crippen LogP contribution is 2.51. The second-order valence-corrected chi connectivity index (χ2v) is 10.0.